The fourth-order valence-corrected chi connectivity index (χ4v) is 10.8. The minimum Gasteiger partial charge on any atom is -0.490 e. The lowest BCUT2D eigenvalue weighted by Crippen LogP contribution is -2.34. The Bertz CT molecular complexity index is 1930. The summed E-state index contributed by atoms with van der Waals surface area (Å²) in [7, 11) is 8.42. The maximum Gasteiger partial charge on any atom is 0.172 e. The van der Waals surface area contributed by atoms with Gasteiger partial charge in [0, 0.05) is 56.7 Å². The molecule has 0 unspecified atom stereocenters. The molecule has 1 aromatic heterocycles. The van der Waals surface area contributed by atoms with Crippen molar-refractivity contribution in [2.24, 2.45) is 0 Å². The number of benzene rings is 2. The number of likely N-dealkylation sites (N-methyl/N-ethyl adjacent to an activating group) is 2. The summed E-state index contributed by atoms with van der Waals surface area (Å²) >= 11 is 0. The van der Waals surface area contributed by atoms with Crippen LogP contribution in [0.15, 0.2) is 83.9 Å². The molecule has 3 aromatic rings. The van der Waals surface area contributed by atoms with Crippen LogP contribution < -0.4 is 23.8 Å². The molecule has 6 nitrogen and oxygen atoms in total. The Hall–Kier alpha value is -3.75. The first-order chi connectivity index (χ1) is 26.6. The Kier molecular flexibility index (Phi) is 12.3. The molecule has 8 rings (SSSR count). The summed E-state index contributed by atoms with van der Waals surface area (Å²) in [6.07, 6.45) is 26.5. The molecule has 54 heavy (non-hydrogen) atoms. The van der Waals surface area contributed by atoms with Crippen molar-refractivity contribution in [2.75, 3.05) is 74.8 Å². The molecule has 0 spiro atoms. The lowest BCUT2D eigenvalue weighted by molar-refractivity contribution is -0.697. The van der Waals surface area contributed by atoms with Crippen molar-refractivity contribution in [3.8, 4) is 11.5 Å². The molecule has 284 valence electrons. The van der Waals surface area contributed by atoms with E-state index in [4.69, 9.17) is 9.47 Å². The molecule has 4 heterocycles. The van der Waals surface area contributed by atoms with Crippen molar-refractivity contribution in [1.29, 1.82) is 0 Å². The van der Waals surface area contributed by atoms with E-state index in [0.717, 1.165) is 70.3 Å². The third-order valence-electron chi connectivity index (χ3n) is 11.6. The standard InChI is InChI=1S/C46H57N4O2S2/c1-47-23-25-51-45-31-35(13-15-43(45)47)29-37-9-7-11-39-33-49(21-17-41(37)39)19-3-5-27-53-54-28-6-4-20-50-22-18-42-38(10-8-12-40(42)34-50)30-36-14-16-44-46(32-36)52-26-24-48(44)2/h13-18,21-22,29-33H,3-12,19-20,23-28,34H2,1-2H3/q+1/b38-30+. The quantitative estimate of drug-likeness (QED) is 0.0975. The van der Waals surface area contributed by atoms with Crippen LogP contribution in [-0.4, -0.2) is 69.9 Å². The number of anilines is 2. The molecule has 0 saturated carbocycles. The van der Waals surface area contributed by atoms with Gasteiger partial charge in [0.2, 0.25) is 0 Å². The van der Waals surface area contributed by atoms with Crippen LogP contribution >= 0.6 is 21.6 Å². The largest absolute Gasteiger partial charge is 0.490 e. The zero-order chi connectivity index (χ0) is 36.7. The topological polar surface area (TPSA) is 32.1 Å². The second-order valence-corrected chi connectivity index (χ2v) is 18.2. The van der Waals surface area contributed by atoms with Gasteiger partial charge in [-0.1, -0.05) is 45.9 Å². The summed E-state index contributed by atoms with van der Waals surface area (Å²) in [4.78, 5) is 7.10. The van der Waals surface area contributed by atoms with Crippen molar-refractivity contribution in [2.45, 2.75) is 70.8 Å². The van der Waals surface area contributed by atoms with Crippen molar-refractivity contribution >= 4 is 50.7 Å². The highest BCUT2D eigenvalue weighted by Crippen LogP contribution is 2.38. The highest BCUT2D eigenvalue weighted by atomic mass is 33.1. The van der Waals surface area contributed by atoms with E-state index in [0.29, 0.717) is 0 Å². The molecule has 0 saturated heterocycles. The zero-order valence-electron chi connectivity index (χ0n) is 32.4. The Morgan fingerprint density at radius 2 is 1.41 bits per heavy atom. The van der Waals surface area contributed by atoms with Gasteiger partial charge in [-0.2, -0.15) is 0 Å². The molecule has 5 aliphatic rings. The molecule has 3 aliphatic heterocycles. The smallest absolute Gasteiger partial charge is 0.172 e. The number of ether oxygens (including phenoxy) is 2. The molecule has 0 amide bonds. The van der Waals surface area contributed by atoms with E-state index in [-0.39, 0.29) is 0 Å². The van der Waals surface area contributed by atoms with Gasteiger partial charge in [-0.3, -0.25) is 0 Å². The van der Waals surface area contributed by atoms with E-state index in [1.165, 1.54) is 113 Å². The highest BCUT2D eigenvalue weighted by Gasteiger charge is 2.22. The number of nitrogens with zero attached hydrogens (tertiary/aromatic N) is 4. The first kappa shape index (κ1) is 37.2. The Balaban J connectivity index is 0.718. The Labute approximate surface area is 331 Å². The molecule has 0 fully saturated rings. The van der Waals surface area contributed by atoms with Crippen LogP contribution in [0.2, 0.25) is 0 Å². The molecule has 0 radical (unpaired) electrons. The number of aromatic nitrogens is 1. The first-order valence-electron chi connectivity index (χ1n) is 20.4. The molecule has 2 aliphatic carbocycles. The molecular weight excluding hydrogens is 705 g/mol. The van der Waals surface area contributed by atoms with Gasteiger partial charge in [-0.15, -0.1) is 0 Å². The van der Waals surface area contributed by atoms with Crippen LogP contribution in [-0.2, 0) is 13.0 Å². The van der Waals surface area contributed by atoms with Crippen LogP contribution in [0.5, 0.6) is 11.5 Å². The average Bonchev–Trinajstić information content (AvgIpc) is 3.19. The van der Waals surface area contributed by atoms with Gasteiger partial charge in [-0.25, -0.2) is 4.57 Å². The predicted octanol–water partition coefficient (Wildman–Crippen LogP) is 9.84. The number of unbranched alkanes of at least 4 members (excludes halogenated alkanes) is 2. The van der Waals surface area contributed by atoms with E-state index in [1.54, 1.807) is 5.57 Å². The monoisotopic (exact) mass is 761 g/mol. The second-order valence-electron chi connectivity index (χ2n) is 15.5. The fourth-order valence-electron chi connectivity index (χ4n) is 8.53. The van der Waals surface area contributed by atoms with Crippen molar-refractivity contribution in [3.63, 3.8) is 0 Å². The number of aryl methyl sites for hydroxylation is 2. The van der Waals surface area contributed by atoms with Crippen LogP contribution in [0.3, 0.4) is 0 Å². The van der Waals surface area contributed by atoms with Gasteiger partial charge < -0.3 is 24.2 Å². The summed E-state index contributed by atoms with van der Waals surface area (Å²) in [5.74, 6) is 4.50. The van der Waals surface area contributed by atoms with Crippen molar-refractivity contribution < 1.29 is 14.0 Å². The second kappa shape index (κ2) is 17.8. The van der Waals surface area contributed by atoms with Gasteiger partial charge in [-0.05, 0) is 133 Å². The highest BCUT2D eigenvalue weighted by molar-refractivity contribution is 8.76. The van der Waals surface area contributed by atoms with E-state index < -0.39 is 0 Å². The van der Waals surface area contributed by atoms with Gasteiger partial charge >= 0.3 is 0 Å². The molecule has 8 heteroatoms. The van der Waals surface area contributed by atoms with Gasteiger partial charge in [0.25, 0.3) is 0 Å². The maximum atomic E-state index is 5.97. The van der Waals surface area contributed by atoms with Gasteiger partial charge in [0.15, 0.2) is 12.4 Å². The van der Waals surface area contributed by atoms with E-state index >= 15 is 0 Å². The lowest BCUT2D eigenvalue weighted by Gasteiger charge is -2.31. The summed E-state index contributed by atoms with van der Waals surface area (Å²) in [6.45, 7) is 6.77. The van der Waals surface area contributed by atoms with Crippen LogP contribution in [0, 0.1) is 0 Å². The number of pyridine rings is 1. The molecule has 2 aromatic carbocycles. The average molecular weight is 762 g/mol. The van der Waals surface area contributed by atoms with E-state index in [9.17, 15) is 0 Å². The van der Waals surface area contributed by atoms with Crippen LogP contribution in [0.4, 0.5) is 11.4 Å². The summed E-state index contributed by atoms with van der Waals surface area (Å²) in [6, 6.07) is 15.7. The number of hydrogen-bond donors (Lipinski definition) is 0. The van der Waals surface area contributed by atoms with Crippen LogP contribution in [0.1, 0.15) is 80.0 Å². The lowest BCUT2D eigenvalue weighted by atomic mass is 9.84. The van der Waals surface area contributed by atoms with E-state index in [1.807, 2.05) is 0 Å². The number of fused-ring (bicyclic) bond motifs is 3. The minimum atomic E-state index is 0.758. The van der Waals surface area contributed by atoms with Gasteiger partial charge in [0.1, 0.15) is 31.3 Å². The molecule has 0 atom stereocenters. The maximum absolute atomic E-state index is 5.97. The Morgan fingerprint density at radius 3 is 2.15 bits per heavy atom. The fraction of sp³-hybridized carbons (Fsp3) is 0.457. The molecule has 0 N–H and O–H groups in total. The normalized spacial score (nSPS) is 19.3. The zero-order valence-corrected chi connectivity index (χ0v) is 34.0. The minimum absolute atomic E-state index is 0.758. The van der Waals surface area contributed by atoms with Crippen molar-refractivity contribution in [1.82, 2.24) is 4.90 Å². The number of rotatable bonds is 13. The molecule has 0 bridgehead atoms. The third kappa shape index (κ3) is 9.03. The van der Waals surface area contributed by atoms with Crippen molar-refractivity contribution in [3.05, 3.63) is 106 Å². The van der Waals surface area contributed by atoms with E-state index in [2.05, 4.69) is 134 Å². The van der Waals surface area contributed by atoms with Gasteiger partial charge in [0.05, 0.1) is 24.5 Å². The third-order valence-corrected chi connectivity index (χ3v) is 14.2. The summed E-state index contributed by atoms with van der Waals surface area (Å²) in [5, 5.41) is 0. The summed E-state index contributed by atoms with van der Waals surface area (Å²) in [5.41, 5.74) is 13.9. The first-order valence-corrected chi connectivity index (χ1v) is 22.8. The predicted molar refractivity (Wildman–Crippen MR) is 231 cm³/mol. The van der Waals surface area contributed by atoms with Crippen LogP contribution in [0.25, 0.3) is 17.7 Å². The molecular formula is C46H57N4O2S2+. The Morgan fingerprint density at radius 1 is 0.741 bits per heavy atom. The SMILES string of the molecule is CN1CCOc2cc(/C=C3\CCCC4=C3C=CN(CCCCSSCCCC[n+]3ccc5c(c3)CCC/C5=C\c3ccc5c(c3)OCCN5C)C4)ccc21. The summed E-state index contributed by atoms with van der Waals surface area (Å²) < 4.78 is 14.4. The number of allylic oxidation sites excluding steroid dienone is 4. The number of hydrogen-bond acceptors (Lipinski definition) is 7.